The molecular formula is C25H18Cl4N2O2. The van der Waals surface area contributed by atoms with Crippen LogP contribution in [0.5, 0.6) is 5.75 Å². The Kier molecular flexibility index (Phi) is 8.29. The van der Waals surface area contributed by atoms with Gasteiger partial charge in [0.25, 0.3) is 5.91 Å². The van der Waals surface area contributed by atoms with Crippen LogP contribution < -0.4 is 10.1 Å². The summed E-state index contributed by atoms with van der Waals surface area (Å²) in [5.41, 5.74) is 3.63. The van der Waals surface area contributed by atoms with Crippen LogP contribution >= 0.6 is 46.4 Å². The number of nitriles is 1. The maximum Gasteiger partial charge on any atom is 0.266 e. The van der Waals surface area contributed by atoms with Gasteiger partial charge in [-0.1, -0.05) is 64.6 Å². The topological polar surface area (TPSA) is 62.1 Å². The first-order valence-corrected chi connectivity index (χ1v) is 11.2. The van der Waals surface area contributed by atoms with Gasteiger partial charge in [-0.05, 0) is 66.9 Å². The van der Waals surface area contributed by atoms with Crippen LogP contribution in [0.15, 0.2) is 54.1 Å². The molecule has 1 N–H and O–H groups in total. The summed E-state index contributed by atoms with van der Waals surface area (Å²) < 4.78 is 5.76. The Morgan fingerprint density at radius 1 is 1.00 bits per heavy atom. The fourth-order valence-corrected chi connectivity index (χ4v) is 4.04. The first kappa shape index (κ1) is 25.0. The zero-order valence-corrected chi connectivity index (χ0v) is 20.7. The predicted octanol–water partition coefficient (Wildman–Crippen LogP) is 8.04. The molecule has 3 aromatic rings. The molecule has 0 unspecified atom stereocenters. The van der Waals surface area contributed by atoms with Crippen LogP contribution in [0.1, 0.15) is 22.3 Å². The zero-order chi connectivity index (χ0) is 24.1. The van der Waals surface area contributed by atoms with Gasteiger partial charge >= 0.3 is 0 Å². The number of hydrogen-bond donors (Lipinski definition) is 1. The van der Waals surface area contributed by atoms with Crippen LogP contribution in [0.25, 0.3) is 6.08 Å². The second-order valence-corrected chi connectivity index (χ2v) is 8.94. The normalized spacial score (nSPS) is 11.1. The van der Waals surface area contributed by atoms with Gasteiger partial charge < -0.3 is 10.1 Å². The molecule has 8 heteroatoms. The first-order valence-electron chi connectivity index (χ1n) is 9.74. The summed E-state index contributed by atoms with van der Waals surface area (Å²) in [5.74, 6) is -0.268. The Balaban J connectivity index is 1.80. The first-order chi connectivity index (χ1) is 15.7. The van der Waals surface area contributed by atoms with Crippen molar-refractivity contribution in [2.45, 2.75) is 20.5 Å². The van der Waals surface area contributed by atoms with E-state index in [0.717, 1.165) is 11.1 Å². The molecule has 168 valence electrons. The number of benzene rings is 3. The number of carbonyl (C=O) groups excluding carboxylic acids is 1. The molecule has 1 amide bonds. The summed E-state index contributed by atoms with van der Waals surface area (Å²) >= 11 is 24.8. The number of amides is 1. The average molecular weight is 520 g/mol. The Bertz CT molecular complexity index is 1270. The highest BCUT2D eigenvalue weighted by Gasteiger charge is 2.14. The van der Waals surface area contributed by atoms with E-state index in [1.54, 1.807) is 30.3 Å². The van der Waals surface area contributed by atoms with Crippen molar-refractivity contribution in [2.24, 2.45) is 0 Å². The standard InChI is InChI=1S/C25H18Cl4N2O2/c1-14-3-4-15(2)23(7-14)31-25(32)18(12-30)8-16-9-21(28)24(22(29)10-16)33-13-17-5-6-19(26)11-20(17)27/h3-11H,13H2,1-2H3,(H,31,32)/b18-8+. The van der Waals surface area contributed by atoms with Crippen LogP contribution in [0.4, 0.5) is 5.69 Å². The third-order valence-electron chi connectivity index (χ3n) is 4.73. The quantitative estimate of drug-likeness (QED) is 0.264. The van der Waals surface area contributed by atoms with Gasteiger partial charge in [0, 0.05) is 21.3 Å². The van der Waals surface area contributed by atoms with E-state index in [9.17, 15) is 10.1 Å². The SMILES string of the molecule is Cc1ccc(C)c(NC(=O)/C(C#N)=C/c2cc(Cl)c(OCc3ccc(Cl)cc3Cl)c(Cl)c2)c1. The molecule has 0 atom stereocenters. The molecule has 0 saturated heterocycles. The summed E-state index contributed by atoms with van der Waals surface area (Å²) in [6.45, 7) is 3.93. The Hall–Kier alpha value is -2.68. The molecule has 0 saturated carbocycles. The van der Waals surface area contributed by atoms with E-state index in [1.165, 1.54) is 6.08 Å². The van der Waals surface area contributed by atoms with Crippen molar-refractivity contribution < 1.29 is 9.53 Å². The van der Waals surface area contributed by atoms with Gasteiger partial charge in [-0.2, -0.15) is 5.26 Å². The van der Waals surface area contributed by atoms with Crippen LogP contribution in [-0.4, -0.2) is 5.91 Å². The van der Waals surface area contributed by atoms with Crippen LogP contribution in [0, 0.1) is 25.2 Å². The lowest BCUT2D eigenvalue weighted by Gasteiger charge is -2.12. The van der Waals surface area contributed by atoms with Gasteiger partial charge in [-0.3, -0.25) is 4.79 Å². The van der Waals surface area contributed by atoms with Gasteiger partial charge in [-0.15, -0.1) is 0 Å². The summed E-state index contributed by atoms with van der Waals surface area (Å²) in [4.78, 5) is 12.6. The number of rotatable bonds is 6. The van der Waals surface area contributed by atoms with Crippen LogP contribution in [-0.2, 0) is 11.4 Å². The molecule has 0 aliphatic heterocycles. The molecule has 4 nitrogen and oxygen atoms in total. The second kappa shape index (κ2) is 11.0. The molecular weight excluding hydrogens is 502 g/mol. The molecule has 3 rings (SSSR count). The third kappa shape index (κ3) is 6.43. The highest BCUT2D eigenvalue weighted by atomic mass is 35.5. The fraction of sp³-hybridized carbons (Fsp3) is 0.120. The van der Waals surface area contributed by atoms with E-state index in [4.69, 9.17) is 51.1 Å². The highest BCUT2D eigenvalue weighted by molar-refractivity contribution is 6.37. The molecule has 0 aromatic heterocycles. The Morgan fingerprint density at radius 3 is 2.33 bits per heavy atom. The molecule has 0 spiro atoms. The van der Waals surface area contributed by atoms with E-state index >= 15 is 0 Å². The van der Waals surface area contributed by atoms with E-state index in [1.807, 2.05) is 38.1 Å². The monoisotopic (exact) mass is 518 g/mol. The number of nitrogens with one attached hydrogen (secondary N) is 1. The van der Waals surface area contributed by atoms with Gasteiger partial charge in [0.15, 0.2) is 5.75 Å². The smallest absolute Gasteiger partial charge is 0.266 e. The lowest BCUT2D eigenvalue weighted by atomic mass is 10.1. The largest absolute Gasteiger partial charge is 0.486 e. The van der Waals surface area contributed by atoms with Gasteiger partial charge in [-0.25, -0.2) is 0 Å². The van der Waals surface area contributed by atoms with E-state index in [2.05, 4.69) is 5.32 Å². The molecule has 0 aliphatic carbocycles. The number of nitrogens with zero attached hydrogens (tertiary/aromatic N) is 1. The van der Waals surface area contributed by atoms with Crippen molar-refractivity contribution in [1.82, 2.24) is 0 Å². The Morgan fingerprint density at radius 2 is 1.70 bits per heavy atom. The molecule has 3 aromatic carbocycles. The average Bonchev–Trinajstić information content (AvgIpc) is 2.75. The molecule has 0 heterocycles. The van der Waals surface area contributed by atoms with Crippen molar-refractivity contribution in [3.63, 3.8) is 0 Å². The number of aryl methyl sites for hydroxylation is 2. The summed E-state index contributed by atoms with van der Waals surface area (Å²) in [6.07, 6.45) is 1.41. The van der Waals surface area contributed by atoms with Crippen molar-refractivity contribution >= 4 is 64.1 Å². The predicted molar refractivity (Wildman–Crippen MR) is 135 cm³/mol. The molecule has 33 heavy (non-hydrogen) atoms. The Labute approximate surface area is 212 Å². The number of hydrogen-bond acceptors (Lipinski definition) is 3. The molecule has 0 fully saturated rings. The maximum atomic E-state index is 12.6. The number of carbonyl (C=O) groups is 1. The van der Waals surface area contributed by atoms with Crippen molar-refractivity contribution in [3.8, 4) is 11.8 Å². The second-order valence-electron chi connectivity index (χ2n) is 7.28. The summed E-state index contributed by atoms with van der Waals surface area (Å²) in [6, 6.07) is 15.8. The minimum atomic E-state index is -0.531. The fourth-order valence-electron chi connectivity index (χ4n) is 2.96. The van der Waals surface area contributed by atoms with E-state index in [0.29, 0.717) is 26.9 Å². The number of halogens is 4. The van der Waals surface area contributed by atoms with Crippen molar-refractivity contribution in [1.29, 1.82) is 5.26 Å². The minimum absolute atomic E-state index is 0.0929. The van der Waals surface area contributed by atoms with E-state index in [-0.39, 0.29) is 28.0 Å². The minimum Gasteiger partial charge on any atom is -0.486 e. The van der Waals surface area contributed by atoms with Crippen molar-refractivity contribution in [3.05, 3.63) is 96.4 Å². The number of ether oxygens (including phenoxy) is 1. The van der Waals surface area contributed by atoms with Gasteiger partial charge in [0.05, 0.1) is 10.0 Å². The molecule has 0 radical (unpaired) electrons. The van der Waals surface area contributed by atoms with E-state index < -0.39 is 5.91 Å². The highest BCUT2D eigenvalue weighted by Crippen LogP contribution is 2.36. The third-order valence-corrected chi connectivity index (χ3v) is 5.87. The van der Waals surface area contributed by atoms with Gasteiger partial charge in [0.1, 0.15) is 18.2 Å². The van der Waals surface area contributed by atoms with Gasteiger partial charge in [0.2, 0.25) is 0 Å². The lowest BCUT2D eigenvalue weighted by molar-refractivity contribution is -0.112. The summed E-state index contributed by atoms with van der Waals surface area (Å²) in [5, 5.41) is 13.7. The number of anilines is 1. The van der Waals surface area contributed by atoms with Crippen LogP contribution in [0.2, 0.25) is 20.1 Å². The maximum absolute atomic E-state index is 12.6. The molecule has 0 bridgehead atoms. The zero-order valence-electron chi connectivity index (χ0n) is 17.7. The van der Waals surface area contributed by atoms with Crippen molar-refractivity contribution in [2.75, 3.05) is 5.32 Å². The summed E-state index contributed by atoms with van der Waals surface area (Å²) in [7, 11) is 0. The molecule has 0 aliphatic rings. The lowest BCUT2D eigenvalue weighted by Crippen LogP contribution is -2.14. The van der Waals surface area contributed by atoms with Crippen LogP contribution in [0.3, 0.4) is 0 Å².